The molecule has 88 valence electrons. The summed E-state index contributed by atoms with van der Waals surface area (Å²) in [5, 5.41) is 0.427. The zero-order chi connectivity index (χ0) is 12.5. The monoisotopic (exact) mass is 258 g/mol. The van der Waals surface area contributed by atoms with Crippen molar-refractivity contribution < 1.29 is 8.76 Å². The zero-order valence-corrected chi connectivity index (χ0v) is 10.2. The molecule has 18 heavy (non-hydrogen) atoms. The van der Waals surface area contributed by atoms with Gasteiger partial charge in [-0.15, -0.1) is 0 Å². The van der Waals surface area contributed by atoms with E-state index in [1.807, 2.05) is 6.07 Å². The van der Waals surface area contributed by atoms with E-state index in [2.05, 4.69) is 0 Å². The Labute approximate surface area is 103 Å². The Balaban J connectivity index is 2.45. The van der Waals surface area contributed by atoms with Gasteiger partial charge in [-0.25, -0.2) is 4.20 Å². The molecule has 1 unspecified atom stereocenters. The van der Waals surface area contributed by atoms with Crippen molar-refractivity contribution in [3.63, 3.8) is 0 Å². The summed E-state index contributed by atoms with van der Waals surface area (Å²) >= 11 is 0. The maximum Gasteiger partial charge on any atom is 0.705 e. The number of hydrogen-bond acceptors (Lipinski definition) is 3. The van der Waals surface area contributed by atoms with Gasteiger partial charge in [0, 0.05) is 4.57 Å². The third-order valence-corrected chi connectivity index (χ3v) is 3.74. The lowest BCUT2D eigenvalue weighted by atomic mass is 10.2. The normalized spacial score (nSPS) is 11.7. The molecule has 1 heterocycles. The minimum Gasteiger partial charge on any atom is -0.264 e. The van der Waals surface area contributed by atoms with Crippen molar-refractivity contribution in [2.24, 2.45) is 0 Å². The molecule has 0 N–H and O–H groups in total. The number of aromatic nitrogens is 1. The van der Waals surface area contributed by atoms with Gasteiger partial charge < -0.3 is 0 Å². The summed E-state index contributed by atoms with van der Waals surface area (Å²) in [6, 6.07) is 15.6. The van der Waals surface area contributed by atoms with Crippen LogP contribution in [0.5, 0.6) is 0 Å². The van der Waals surface area contributed by atoms with Gasteiger partial charge in [0.15, 0.2) is 0 Å². The average molecular weight is 258 g/mol. The molecule has 0 fully saturated rings. The molecule has 0 aliphatic heterocycles. The first-order valence-electron chi connectivity index (χ1n) is 5.41. The molecule has 0 radical (unpaired) electrons. The van der Waals surface area contributed by atoms with Crippen LogP contribution < -0.4 is 5.56 Å². The first-order chi connectivity index (χ1) is 8.77. The fourth-order valence-corrected chi connectivity index (χ4v) is 2.80. The van der Waals surface area contributed by atoms with Crippen LogP contribution in [0.1, 0.15) is 0 Å². The highest BCUT2D eigenvalue weighted by Crippen LogP contribution is 2.22. The predicted molar refractivity (Wildman–Crippen MR) is 69.4 cm³/mol. The number of benzene rings is 2. The van der Waals surface area contributed by atoms with Crippen LogP contribution in [0.15, 0.2) is 63.6 Å². The van der Waals surface area contributed by atoms with E-state index in [9.17, 15) is 9.36 Å². The standard InChI is InChI=1S/C13H9NO3P/c15-13-11-8-4-5-9-12(11)17-18(16)14(13)10-6-2-1-3-7-10/h1-9H/q+1. The van der Waals surface area contributed by atoms with Gasteiger partial charge in [0.25, 0.3) is 0 Å². The van der Waals surface area contributed by atoms with Crippen LogP contribution in [0.3, 0.4) is 0 Å². The van der Waals surface area contributed by atoms with Gasteiger partial charge in [0.1, 0.15) is 0 Å². The van der Waals surface area contributed by atoms with Crippen LogP contribution in [0.2, 0.25) is 0 Å². The van der Waals surface area contributed by atoms with Gasteiger partial charge in [0.05, 0.1) is 11.1 Å². The second kappa shape index (κ2) is 4.24. The Morgan fingerprint density at radius 2 is 1.61 bits per heavy atom. The number of para-hydroxylation sites is 2. The van der Waals surface area contributed by atoms with Crippen molar-refractivity contribution in [3.8, 4) is 5.69 Å². The second-order valence-electron chi connectivity index (χ2n) is 3.78. The lowest BCUT2D eigenvalue weighted by molar-refractivity contribution is 0.549. The Hall–Kier alpha value is -2.19. The van der Waals surface area contributed by atoms with Crippen LogP contribution in [-0.4, -0.2) is 4.33 Å². The molecule has 0 spiro atoms. The van der Waals surface area contributed by atoms with Gasteiger partial charge in [-0.3, -0.25) is 4.79 Å². The second-order valence-corrected chi connectivity index (χ2v) is 4.84. The number of rotatable bonds is 1. The van der Waals surface area contributed by atoms with Crippen molar-refractivity contribution in [2.75, 3.05) is 0 Å². The van der Waals surface area contributed by atoms with E-state index in [-0.39, 0.29) is 5.56 Å². The molecule has 0 aliphatic rings. The molecule has 3 rings (SSSR count). The number of nitrogens with zero attached hydrogens (tertiary/aromatic N) is 1. The summed E-state index contributed by atoms with van der Waals surface area (Å²) < 4.78 is 18.5. The maximum absolute atomic E-state index is 12.3. The third-order valence-electron chi connectivity index (χ3n) is 2.65. The van der Waals surface area contributed by atoms with E-state index in [0.29, 0.717) is 16.7 Å². The minimum absolute atomic E-state index is 0.302. The van der Waals surface area contributed by atoms with Crippen molar-refractivity contribution in [1.29, 1.82) is 0 Å². The van der Waals surface area contributed by atoms with Gasteiger partial charge in [-0.05, 0) is 24.3 Å². The van der Waals surface area contributed by atoms with Crippen LogP contribution in [0.25, 0.3) is 16.7 Å². The molecule has 0 amide bonds. The molecule has 1 atom stereocenters. The lowest BCUT2D eigenvalue weighted by Gasteiger charge is -1.96. The molecule has 4 nitrogen and oxygen atoms in total. The first-order valence-corrected chi connectivity index (χ1v) is 6.54. The largest absolute Gasteiger partial charge is 0.705 e. The first kappa shape index (κ1) is 10.9. The van der Waals surface area contributed by atoms with E-state index in [1.165, 1.54) is 4.33 Å². The molecule has 0 saturated heterocycles. The molecule has 5 heteroatoms. The molecule has 0 bridgehead atoms. The van der Waals surface area contributed by atoms with Gasteiger partial charge in [0.2, 0.25) is 5.58 Å². The van der Waals surface area contributed by atoms with Crippen LogP contribution >= 0.6 is 7.81 Å². The summed E-state index contributed by atoms with van der Waals surface area (Å²) in [4.78, 5) is 12.3. The van der Waals surface area contributed by atoms with Crippen molar-refractivity contribution >= 4 is 18.8 Å². The SMILES string of the molecule is O=c1c2ccccc2o[p+](=O)n1-c1ccccc1. The Bertz CT molecular complexity index is 821. The van der Waals surface area contributed by atoms with Crippen molar-refractivity contribution in [3.05, 3.63) is 65.0 Å². The summed E-state index contributed by atoms with van der Waals surface area (Å²) in [6.45, 7) is 0. The number of hydrogen-bond donors (Lipinski definition) is 0. The highest BCUT2D eigenvalue weighted by Gasteiger charge is 2.20. The van der Waals surface area contributed by atoms with E-state index in [4.69, 9.17) is 4.20 Å². The average Bonchev–Trinajstić information content (AvgIpc) is 2.40. The van der Waals surface area contributed by atoms with E-state index < -0.39 is 7.81 Å². The van der Waals surface area contributed by atoms with Crippen LogP contribution in [0, 0.1) is 0 Å². The fourth-order valence-electron chi connectivity index (χ4n) is 1.82. The van der Waals surface area contributed by atoms with Crippen LogP contribution in [0.4, 0.5) is 0 Å². The lowest BCUT2D eigenvalue weighted by Crippen LogP contribution is -2.15. The van der Waals surface area contributed by atoms with Crippen molar-refractivity contribution in [2.45, 2.75) is 0 Å². The summed E-state index contributed by atoms with van der Waals surface area (Å²) in [5.41, 5.74) is 0.637. The van der Waals surface area contributed by atoms with E-state index in [0.717, 1.165) is 0 Å². The zero-order valence-electron chi connectivity index (χ0n) is 9.32. The van der Waals surface area contributed by atoms with Crippen LogP contribution in [-0.2, 0) is 4.57 Å². The summed E-state index contributed by atoms with van der Waals surface area (Å²) in [6.07, 6.45) is 0. The van der Waals surface area contributed by atoms with Crippen molar-refractivity contribution in [1.82, 2.24) is 4.33 Å². The molecule has 2 aromatic carbocycles. The predicted octanol–water partition coefficient (Wildman–Crippen LogP) is 3.33. The van der Waals surface area contributed by atoms with Gasteiger partial charge in [-0.2, -0.15) is 0 Å². The number of fused-ring (bicyclic) bond motifs is 1. The molecular formula is C13H9NO3P+. The third kappa shape index (κ3) is 1.67. The molecule has 1 aromatic heterocycles. The molecule has 3 aromatic rings. The van der Waals surface area contributed by atoms with E-state index in [1.54, 1.807) is 48.5 Å². The Morgan fingerprint density at radius 3 is 2.39 bits per heavy atom. The minimum atomic E-state index is -2.22. The van der Waals surface area contributed by atoms with Gasteiger partial charge in [-0.1, -0.05) is 34.7 Å². The van der Waals surface area contributed by atoms with E-state index >= 15 is 0 Å². The highest BCUT2D eigenvalue weighted by atomic mass is 31.1. The fraction of sp³-hybridized carbons (Fsp3) is 0. The Kier molecular flexibility index (Phi) is 2.58. The summed E-state index contributed by atoms with van der Waals surface area (Å²) in [7, 11) is -2.22. The summed E-state index contributed by atoms with van der Waals surface area (Å²) in [5.74, 6) is 0. The molecular weight excluding hydrogens is 249 g/mol. The topological polar surface area (TPSA) is 52.2 Å². The smallest absolute Gasteiger partial charge is 0.264 e. The van der Waals surface area contributed by atoms with Gasteiger partial charge >= 0.3 is 13.4 Å². The quantitative estimate of drug-likeness (QED) is 0.672. The maximum atomic E-state index is 12.3. The molecule has 0 saturated carbocycles. The Morgan fingerprint density at radius 1 is 0.944 bits per heavy atom. The highest BCUT2D eigenvalue weighted by molar-refractivity contribution is 7.26. The molecule has 0 aliphatic carbocycles.